The van der Waals surface area contributed by atoms with Gasteiger partial charge in [-0.2, -0.15) is 26.3 Å². The van der Waals surface area contributed by atoms with Gasteiger partial charge in [-0.25, -0.2) is 13.0 Å². The average molecular weight is 360 g/mol. The van der Waals surface area contributed by atoms with Crippen molar-refractivity contribution in [1.82, 2.24) is 0 Å². The SMILES string of the molecule is O=S(O)C(F)(F)C(F)(F)C(F)(F)Sc1ccc(F)cc1F. The van der Waals surface area contributed by atoms with Gasteiger partial charge in [0.05, 0.1) is 0 Å². The van der Waals surface area contributed by atoms with E-state index in [1.54, 1.807) is 0 Å². The molecule has 0 saturated heterocycles. The van der Waals surface area contributed by atoms with E-state index in [4.69, 9.17) is 4.55 Å². The Labute approximate surface area is 118 Å². The Morgan fingerprint density at radius 3 is 2.00 bits per heavy atom. The van der Waals surface area contributed by atoms with Gasteiger partial charge in [0.25, 0.3) is 0 Å². The van der Waals surface area contributed by atoms with Crippen LogP contribution in [0.2, 0.25) is 0 Å². The molecule has 1 aromatic carbocycles. The molecule has 2 nitrogen and oxygen atoms in total. The molecule has 0 radical (unpaired) electrons. The second kappa shape index (κ2) is 5.72. The lowest BCUT2D eigenvalue weighted by Gasteiger charge is -2.30. The van der Waals surface area contributed by atoms with E-state index >= 15 is 0 Å². The lowest BCUT2D eigenvalue weighted by atomic mass is 10.3. The van der Waals surface area contributed by atoms with Crippen LogP contribution in [0.15, 0.2) is 23.1 Å². The first-order chi connectivity index (χ1) is 9.33. The van der Waals surface area contributed by atoms with E-state index in [1.165, 1.54) is 0 Å². The zero-order valence-corrected chi connectivity index (χ0v) is 11.1. The van der Waals surface area contributed by atoms with Gasteiger partial charge in [0.15, 0.2) is 0 Å². The highest BCUT2D eigenvalue weighted by Crippen LogP contribution is 2.54. The van der Waals surface area contributed by atoms with Gasteiger partial charge in [-0.1, -0.05) is 0 Å². The standard InChI is InChI=1S/C9H4F8O2S2/c10-4-1-2-6(5(11)3-4)20-8(14,15)7(12,13)9(16,17)21(18)19/h1-3H,(H,18,19). The van der Waals surface area contributed by atoms with Crippen LogP contribution in [0.3, 0.4) is 0 Å². The van der Waals surface area contributed by atoms with Crippen molar-refractivity contribution in [3.63, 3.8) is 0 Å². The Morgan fingerprint density at radius 2 is 1.57 bits per heavy atom. The monoisotopic (exact) mass is 360 g/mol. The van der Waals surface area contributed by atoms with E-state index in [-0.39, 0.29) is 6.07 Å². The molecule has 0 aliphatic heterocycles. The molecule has 0 fully saturated rings. The summed E-state index contributed by atoms with van der Waals surface area (Å²) in [5.74, 6) is -9.14. The molecule has 1 N–H and O–H groups in total. The molecule has 1 unspecified atom stereocenters. The van der Waals surface area contributed by atoms with E-state index in [0.29, 0.717) is 12.1 Å². The molecular formula is C9H4F8O2S2. The van der Waals surface area contributed by atoms with Crippen LogP contribution in [0.5, 0.6) is 0 Å². The number of rotatable bonds is 5. The molecule has 0 amide bonds. The molecule has 1 atom stereocenters. The van der Waals surface area contributed by atoms with Gasteiger partial charge >= 0.3 is 16.4 Å². The number of benzene rings is 1. The van der Waals surface area contributed by atoms with Gasteiger partial charge in [0.1, 0.15) is 11.6 Å². The van der Waals surface area contributed by atoms with Crippen molar-refractivity contribution in [3.05, 3.63) is 29.8 Å². The summed E-state index contributed by atoms with van der Waals surface area (Å²) in [5, 5.41) is -11.6. The maximum atomic E-state index is 13.3. The van der Waals surface area contributed by atoms with E-state index in [0.717, 1.165) is 0 Å². The van der Waals surface area contributed by atoms with Crippen molar-refractivity contribution in [3.8, 4) is 0 Å². The first-order valence-corrected chi connectivity index (χ1v) is 6.63. The molecular weight excluding hydrogens is 356 g/mol. The average Bonchev–Trinajstić information content (AvgIpc) is 2.32. The zero-order valence-electron chi connectivity index (χ0n) is 9.43. The van der Waals surface area contributed by atoms with Gasteiger partial charge in [-0.05, 0) is 23.9 Å². The largest absolute Gasteiger partial charge is 0.413 e. The fourth-order valence-corrected chi connectivity index (χ4v) is 2.28. The molecule has 0 aliphatic rings. The highest BCUT2D eigenvalue weighted by atomic mass is 32.2. The quantitative estimate of drug-likeness (QED) is 0.488. The van der Waals surface area contributed by atoms with Crippen LogP contribution in [0, 0.1) is 11.6 Å². The Morgan fingerprint density at radius 1 is 1.05 bits per heavy atom. The summed E-state index contributed by atoms with van der Waals surface area (Å²) in [7, 11) is 0. The van der Waals surface area contributed by atoms with Crippen molar-refractivity contribution in [1.29, 1.82) is 0 Å². The smallest absolute Gasteiger partial charge is 0.301 e. The van der Waals surface area contributed by atoms with E-state index in [1.807, 2.05) is 0 Å². The van der Waals surface area contributed by atoms with Crippen molar-refractivity contribution in [2.45, 2.75) is 21.3 Å². The third kappa shape index (κ3) is 3.31. The topological polar surface area (TPSA) is 37.3 Å². The number of hydrogen-bond donors (Lipinski definition) is 1. The fourth-order valence-electron chi connectivity index (χ4n) is 1.04. The Balaban J connectivity index is 3.18. The van der Waals surface area contributed by atoms with Crippen molar-refractivity contribution in [2.75, 3.05) is 0 Å². The number of thioether (sulfide) groups is 1. The van der Waals surface area contributed by atoms with Gasteiger partial charge in [-0.3, -0.25) is 0 Å². The van der Waals surface area contributed by atoms with Crippen LogP contribution in [0.1, 0.15) is 0 Å². The summed E-state index contributed by atoms with van der Waals surface area (Å²) in [6.07, 6.45) is 0. The van der Waals surface area contributed by atoms with Crippen molar-refractivity contribution < 1.29 is 43.9 Å². The normalized spacial score (nSPS) is 15.1. The van der Waals surface area contributed by atoms with E-state index < -0.39 is 55.8 Å². The van der Waals surface area contributed by atoms with Crippen LogP contribution in [-0.4, -0.2) is 25.2 Å². The molecule has 1 aromatic rings. The van der Waals surface area contributed by atoms with Gasteiger partial charge in [-0.15, -0.1) is 0 Å². The highest BCUT2D eigenvalue weighted by Gasteiger charge is 2.75. The number of alkyl halides is 6. The molecule has 21 heavy (non-hydrogen) atoms. The molecule has 120 valence electrons. The van der Waals surface area contributed by atoms with E-state index in [2.05, 4.69) is 0 Å². The first kappa shape index (κ1) is 18.2. The van der Waals surface area contributed by atoms with Gasteiger partial charge in [0.2, 0.25) is 11.1 Å². The van der Waals surface area contributed by atoms with E-state index in [9.17, 15) is 39.3 Å². The maximum absolute atomic E-state index is 13.3. The summed E-state index contributed by atoms with van der Waals surface area (Å²) in [6, 6.07) is 0.869. The minimum Gasteiger partial charge on any atom is -0.301 e. The summed E-state index contributed by atoms with van der Waals surface area (Å²) >= 11 is -5.91. The Hall–Kier alpha value is -0.880. The second-order valence-corrected chi connectivity index (χ2v) is 5.70. The van der Waals surface area contributed by atoms with Crippen LogP contribution in [-0.2, 0) is 11.1 Å². The third-order valence-corrected chi connectivity index (χ3v) is 3.84. The lowest BCUT2D eigenvalue weighted by molar-refractivity contribution is -0.240. The predicted octanol–water partition coefficient (Wildman–Crippen LogP) is 4.10. The summed E-state index contributed by atoms with van der Waals surface area (Å²) < 4.78 is 122. The second-order valence-electron chi connectivity index (χ2n) is 3.53. The molecule has 0 saturated carbocycles. The maximum Gasteiger partial charge on any atom is 0.413 e. The van der Waals surface area contributed by atoms with Crippen molar-refractivity contribution in [2.24, 2.45) is 0 Å². The molecule has 0 bridgehead atoms. The Bertz CT molecular complexity index is 563. The van der Waals surface area contributed by atoms with Crippen molar-refractivity contribution >= 4 is 22.8 Å². The molecule has 1 rings (SSSR count). The number of hydrogen-bond acceptors (Lipinski definition) is 2. The third-order valence-electron chi connectivity index (χ3n) is 2.08. The van der Waals surface area contributed by atoms with Crippen LogP contribution < -0.4 is 0 Å². The first-order valence-electron chi connectivity index (χ1n) is 4.71. The zero-order chi connectivity index (χ0) is 16.6. The van der Waals surface area contributed by atoms with Crippen LogP contribution in [0.4, 0.5) is 35.1 Å². The molecule has 0 aliphatic carbocycles. The van der Waals surface area contributed by atoms with Crippen LogP contribution >= 0.6 is 11.8 Å². The predicted molar refractivity (Wildman–Crippen MR) is 57.8 cm³/mol. The molecule has 12 heteroatoms. The number of halogens is 8. The summed E-state index contributed by atoms with van der Waals surface area (Å²) in [6.45, 7) is 0. The molecule has 0 heterocycles. The summed E-state index contributed by atoms with van der Waals surface area (Å²) in [4.78, 5) is -1.24. The minimum atomic E-state index is -6.26. The molecule has 0 spiro atoms. The highest BCUT2D eigenvalue weighted by molar-refractivity contribution is 8.00. The summed E-state index contributed by atoms with van der Waals surface area (Å²) in [5.41, 5.74) is 0. The van der Waals surface area contributed by atoms with Crippen LogP contribution in [0.25, 0.3) is 0 Å². The molecule has 0 aromatic heterocycles. The lowest BCUT2D eigenvalue weighted by Crippen LogP contribution is -2.54. The fraction of sp³-hybridized carbons (Fsp3) is 0.333. The van der Waals surface area contributed by atoms with Gasteiger partial charge in [0, 0.05) is 11.0 Å². The van der Waals surface area contributed by atoms with Gasteiger partial charge < -0.3 is 4.55 Å². The Kier molecular flexibility index (Phi) is 4.95. The minimum absolute atomic E-state index is 0.0822.